The summed E-state index contributed by atoms with van der Waals surface area (Å²) in [6, 6.07) is 0. The van der Waals surface area contributed by atoms with E-state index in [9.17, 15) is 9.59 Å². The van der Waals surface area contributed by atoms with Gasteiger partial charge < -0.3 is 20.1 Å². The van der Waals surface area contributed by atoms with Gasteiger partial charge in [-0.1, -0.05) is 6.42 Å². The first-order valence-electron chi connectivity index (χ1n) is 6.90. The highest BCUT2D eigenvalue weighted by Gasteiger charge is 2.46. The van der Waals surface area contributed by atoms with Crippen molar-refractivity contribution in [1.29, 1.82) is 0 Å². The minimum Gasteiger partial charge on any atom is -0.464 e. The molecular weight excluding hydrogens is 248 g/mol. The molecular formula is C13H24N2O4. The van der Waals surface area contributed by atoms with Gasteiger partial charge in [0.1, 0.15) is 0 Å². The Kier molecular flexibility index (Phi) is 6.24. The molecule has 1 heterocycles. The average molecular weight is 272 g/mol. The lowest BCUT2D eigenvalue weighted by molar-refractivity contribution is -0.165. The van der Waals surface area contributed by atoms with E-state index in [4.69, 9.17) is 15.2 Å². The summed E-state index contributed by atoms with van der Waals surface area (Å²) in [5.41, 5.74) is 4.28. The first-order chi connectivity index (χ1) is 9.04. The number of hydrogen-bond acceptors (Lipinski definition) is 6. The molecule has 0 bridgehead atoms. The molecule has 2 N–H and O–H groups in total. The molecule has 0 unspecified atom stereocenters. The summed E-state index contributed by atoms with van der Waals surface area (Å²) in [5.74, 6) is -1.42. The van der Waals surface area contributed by atoms with E-state index in [0.717, 1.165) is 25.9 Å². The first-order valence-corrected chi connectivity index (χ1v) is 6.90. The molecule has 110 valence electrons. The van der Waals surface area contributed by atoms with Crippen molar-refractivity contribution in [1.82, 2.24) is 4.90 Å². The van der Waals surface area contributed by atoms with Crippen molar-refractivity contribution in [3.63, 3.8) is 0 Å². The van der Waals surface area contributed by atoms with E-state index in [1.165, 1.54) is 6.42 Å². The summed E-state index contributed by atoms with van der Waals surface area (Å²) < 4.78 is 9.85. The number of rotatable bonds is 6. The smallest absolute Gasteiger partial charge is 0.339 e. The monoisotopic (exact) mass is 272 g/mol. The van der Waals surface area contributed by atoms with Gasteiger partial charge in [0.05, 0.1) is 13.2 Å². The molecule has 0 aromatic rings. The van der Waals surface area contributed by atoms with Crippen molar-refractivity contribution >= 4 is 11.9 Å². The molecule has 6 nitrogen and oxygen atoms in total. The summed E-state index contributed by atoms with van der Waals surface area (Å²) in [6.45, 7) is 5.60. The highest BCUT2D eigenvalue weighted by Crippen LogP contribution is 2.15. The fourth-order valence-electron chi connectivity index (χ4n) is 2.20. The number of nitrogens with two attached hydrogens (primary N) is 1. The zero-order chi connectivity index (χ0) is 14.3. The second kappa shape index (κ2) is 7.45. The zero-order valence-corrected chi connectivity index (χ0v) is 11.8. The summed E-state index contributed by atoms with van der Waals surface area (Å²) in [6.07, 6.45) is 3.29. The van der Waals surface area contributed by atoms with Crippen molar-refractivity contribution in [3.8, 4) is 0 Å². The quantitative estimate of drug-likeness (QED) is 0.553. The summed E-state index contributed by atoms with van der Waals surface area (Å²) in [7, 11) is 0. The largest absolute Gasteiger partial charge is 0.464 e. The van der Waals surface area contributed by atoms with E-state index in [0.29, 0.717) is 0 Å². The average Bonchev–Trinajstić information content (AvgIpc) is 2.40. The van der Waals surface area contributed by atoms with E-state index in [-0.39, 0.29) is 19.8 Å². The number of piperidine rings is 1. The second-order valence-corrected chi connectivity index (χ2v) is 4.75. The van der Waals surface area contributed by atoms with Gasteiger partial charge >= 0.3 is 11.9 Å². The molecule has 0 aromatic carbocycles. The van der Waals surface area contributed by atoms with E-state index in [1.54, 1.807) is 13.8 Å². The van der Waals surface area contributed by atoms with Crippen LogP contribution >= 0.6 is 0 Å². The summed E-state index contributed by atoms with van der Waals surface area (Å²) in [5, 5.41) is 0. The van der Waals surface area contributed by atoms with Crippen LogP contribution in [0.25, 0.3) is 0 Å². The van der Waals surface area contributed by atoms with E-state index < -0.39 is 17.5 Å². The maximum Gasteiger partial charge on any atom is 0.339 e. The van der Waals surface area contributed by atoms with Gasteiger partial charge in [-0.05, 0) is 39.8 Å². The Bertz CT molecular complexity index is 296. The number of ether oxygens (including phenoxy) is 2. The highest BCUT2D eigenvalue weighted by atomic mass is 16.6. The van der Waals surface area contributed by atoms with Crippen molar-refractivity contribution in [2.75, 3.05) is 32.8 Å². The van der Waals surface area contributed by atoms with Crippen LogP contribution in [0, 0.1) is 0 Å². The predicted molar refractivity (Wildman–Crippen MR) is 70.5 cm³/mol. The van der Waals surface area contributed by atoms with Crippen LogP contribution in [-0.2, 0) is 19.1 Å². The second-order valence-electron chi connectivity index (χ2n) is 4.75. The number of esters is 2. The van der Waals surface area contributed by atoms with Crippen LogP contribution in [0.1, 0.15) is 33.1 Å². The van der Waals surface area contributed by atoms with Crippen molar-refractivity contribution in [3.05, 3.63) is 0 Å². The molecule has 1 saturated heterocycles. The third-order valence-corrected chi connectivity index (χ3v) is 3.20. The highest BCUT2D eigenvalue weighted by molar-refractivity contribution is 6.05. The van der Waals surface area contributed by atoms with Gasteiger partial charge in [-0.3, -0.25) is 0 Å². The third kappa shape index (κ3) is 4.18. The fourth-order valence-corrected chi connectivity index (χ4v) is 2.20. The van der Waals surface area contributed by atoms with Gasteiger partial charge in [0.2, 0.25) is 5.54 Å². The molecule has 1 rings (SSSR count). The Morgan fingerprint density at radius 1 is 1.05 bits per heavy atom. The van der Waals surface area contributed by atoms with Crippen molar-refractivity contribution < 1.29 is 19.1 Å². The Labute approximate surface area is 114 Å². The lowest BCUT2D eigenvalue weighted by Gasteiger charge is -2.33. The minimum absolute atomic E-state index is 0.157. The van der Waals surface area contributed by atoms with Crippen LogP contribution in [-0.4, -0.2) is 55.2 Å². The van der Waals surface area contributed by atoms with Crippen molar-refractivity contribution in [2.45, 2.75) is 38.6 Å². The van der Waals surface area contributed by atoms with Crippen LogP contribution in [0.3, 0.4) is 0 Å². The van der Waals surface area contributed by atoms with Crippen LogP contribution < -0.4 is 5.73 Å². The molecule has 0 atom stereocenters. The molecule has 0 aliphatic carbocycles. The molecule has 1 aliphatic heterocycles. The normalized spacial score (nSPS) is 17.0. The Morgan fingerprint density at radius 3 is 1.95 bits per heavy atom. The molecule has 0 radical (unpaired) electrons. The standard InChI is InChI=1S/C13H24N2O4/c1-3-18-11(16)13(14,12(17)19-4-2)10-15-8-6-5-7-9-15/h3-10,14H2,1-2H3. The van der Waals surface area contributed by atoms with Crippen LogP contribution in [0.4, 0.5) is 0 Å². The number of hydrogen-bond donors (Lipinski definition) is 1. The predicted octanol–water partition coefficient (Wildman–Crippen LogP) is 0.296. The maximum atomic E-state index is 12.0. The maximum absolute atomic E-state index is 12.0. The first kappa shape index (κ1) is 15.9. The minimum atomic E-state index is -1.72. The number of carbonyl (C=O) groups excluding carboxylic acids is 2. The van der Waals surface area contributed by atoms with Gasteiger partial charge in [0.25, 0.3) is 0 Å². The zero-order valence-electron chi connectivity index (χ0n) is 11.8. The Hall–Kier alpha value is -1.14. The number of carbonyl (C=O) groups is 2. The molecule has 0 saturated carbocycles. The van der Waals surface area contributed by atoms with Gasteiger partial charge in [0, 0.05) is 6.54 Å². The van der Waals surface area contributed by atoms with E-state index in [1.807, 2.05) is 4.90 Å². The third-order valence-electron chi connectivity index (χ3n) is 3.20. The summed E-state index contributed by atoms with van der Waals surface area (Å²) >= 11 is 0. The lowest BCUT2D eigenvalue weighted by Crippen LogP contribution is -2.63. The Balaban J connectivity index is 2.77. The molecule has 1 aliphatic rings. The fraction of sp³-hybridized carbons (Fsp3) is 0.846. The van der Waals surface area contributed by atoms with Gasteiger partial charge in [-0.25, -0.2) is 9.59 Å². The van der Waals surface area contributed by atoms with Crippen molar-refractivity contribution in [2.24, 2.45) is 5.73 Å². The number of nitrogens with zero attached hydrogens (tertiary/aromatic N) is 1. The van der Waals surface area contributed by atoms with Crippen LogP contribution in [0.15, 0.2) is 0 Å². The lowest BCUT2D eigenvalue weighted by atomic mass is 9.99. The molecule has 0 aromatic heterocycles. The van der Waals surface area contributed by atoms with E-state index in [2.05, 4.69) is 0 Å². The van der Waals surface area contributed by atoms with Gasteiger partial charge in [-0.15, -0.1) is 0 Å². The van der Waals surface area contributed by atoms with Crippen LogP contribution in [0.2, 0.25) is 0 Å². The Morgan fingerprint density at radius 2 is 1.53 bits per heavy atom. The molecule has 0 spiro atoms. The van der Waals surface area contributed by atoms with Gasteiger partial charge in [0.15, 0.2) is 0 Å². The summed E-state index contributed by atoms with van der Waals surface area (Å²) in [4.78, 5) is 26.0. The molecule has 6 heteroatoms. The SMILES string of the molecule is CCOC(=O)C(N)(CN1CCCCC1)C(=O)OCC. The topological polar surface area (TPSA) is 81.9 Å². The van der Waals surface area contributed by atoms with Gasteiger partial charge in [-0.2, -0.15) is 0 Å². The molecule has 1 fully saturated rings. The number of likely N-dealkylation sites (tertiary alicyclic amines) is 1. The molecule has 19 heavy (non-hydrogen) atoms. The van der Waals surface area contributed by atoms with Crippen LogP contribution in [0.5, 0.6) is 0 Å². The van der Waals surface area contributed by atoms with E-state index >= 15 is 0 Å². The molecule has 0 amide bonds.